The van der Waals surface area contributed by atoms with Crippen molar-refractivity contribution >= 4 is 12.0 Å². The monoisotopic (exact) mass is 535 g/mol. The van der Waals surface area contributed by atoms with Gasteiger partial charge in [-0.05, 0) is 83.0 Å². The van der Waals surface area contributed by atoms with Crippen LogP contribution in [0.4, 0.5) is 0 Å². The zero-order chi connectivity index (χ0) is 28.9. The summed E-state index contributed by atoms with van der Waals surface area (Å²) in [5.41, 5.74) is 2.92. The van der Waals surface area contributed by atoms with Crippen molar-refractivity contribution in [3.63, 3.8) is 0 Å². The second kappa shape index (κ2) is 12.5. The third-order valence-electron chi connectivity index (χ3n) is 6.69. The van der Waals surface area contributed by atoms with Crippen molar-refractivity contribution in [2.75, 3.05) is 7.11 Å². The summed E-state index contributed by atoms with van der Waals surface area (Å²) < 4.78 is 23.9. The van der Waals surface area contributed by atoms with Crippen molar-refractivity contribution in [3.8, 4) is 17.2 Å². The van der Waals surface area contributed by atoms with Gasteiger partial charge in [-0.1, -0.05) is 32.1 Å². The fourth-order valence-electron chi connectivity index (χ4n) is 3.83. The zero-order valence-corrected chi connectivity index (χ0v) is 24.3. The first kappa shape index (κ1) is 30.0. The quantitative estimate of drug-likeness (QED) is 0.244. The lowest BCUT2D eigenvalue weighted by Crippen LogP contribution is -2.44. The maximum Gasteiger partial charge on any atom is 0.255 e. The molecule has 2 unspecified atom stereocenters. The van der Waals surface area contributed by atoms with Gasteiger partial charge in [-0.3, -0.25) is 4.79 Å². The number of aromatic hydroxyl groups is 1. The Kier molecular flexibility index (Phi) is 9.64. The summed E-state index contributed by atoms with van der Waals surface area (Å²) in [6.45, 7) is 17.9. The second-order valence-electron chi connectivity index (χ2n) is 10.9. The average molecular weight is 536 g/mol. The summed E-state index contributed by atoms with van der Waals surface area (Å²) in [4.78, 5) is 13.0. The number of amides is 1. The molecule has 2 atom stereocenters. The van der Waals surface area contributed by atoms with Crippen LogP contribution in [0.2, 0.25) is 0 Å². The van der Waals surface area contributed by atoms with E-state index in [9.17, 15) is 9.90 Å². The number of benzene rings is 2. The molecule has 0 bridgehead atoms. The molecule has 1 amide bonds. The molecule has 2 N–H and O–H groups in total. The lowest BCUT2D eigenvalue weighted by Gasteiger charge is -2.36. The Morgan fingerprint density at radius 1 is 1.15 bits per heavy atom. The van der Waals surface area contributed by atoms with E-state index < -0.39 is 11.9 Å². The van der Waals surface area contributed by atoms with Crippen LogP contribution in [0, 0.1) is 5.92 Å². The molecule has 0 saturated carbocycles. The number of ether oxygens (including phenoxy) is 4. The van der Waals surface area contributed by atoms with E-state index in [1.165, 1.54) is 6.07 Å². The molecule has 0 radical (unpaired) electrons. The van der Waals surface area contributed by atoms with E-state index in [4.69, 9.17) is 18.9 Å². The Balaban J connectivity index is 1.76. The zero-order valence-electron chi connectivity index (χ0n) is 24.3. The van der Waals surface area contributed by atoms with Crippen LogP contribution < -0.4 is 14.8 Å². The Bertz CT molecular complexity index is 1270. The summed E-state index contributed by atoms with van der Waals surface area (Å²) in [7, 11) is 1.66. The number of hydrogen-bond donors (Lipinski definition) is 2. The lowest BCUT2D eigenvalue weighted by molar-refractivity contribution is -0.211. The van der Waals surface area contributed by atoms with Crippen LogP contribution in [-0.4, -0.2) is 36.1 Å². The molecule has 1 aliphatic rings. The Labute approximate surface area is 232 Å². The SMILES string of the molecule is C=C1Oc2cc(OC(OC(C)(C)C(C)OC)C(C)C)ccc2C=C1NC(=O)c1ccc(O)c(CC=C(C)C)c1. The minimum Gasteiger partial charge on any atom is -0.508 e. The third-order valence-corrected chi connectivity index (χ3v) is 6.69. The van der Waals surface area contributed by atoms with Gasteiger partial charge in [0.15, 0.2) is 0 Å². The number of carbonyl (C=O) groups is 1. The van der Waals surface area contributed by atoms with E-state index in [0.717, 1.165) is 11.1 Å². The number of methoxy groups -OCH3 is 1. The summed E-state index contributed by atoms with van der Waals surface area (Å²) in [5.74, 6) is 1.39. The molecule has 2 aromatic carbocycles. The minimum absolute atomic E-state index is 0.0874. The van der Waals surface area contributed by atoms with Crippen molar-refractivity contribution in [1.82, 2.24) is 5.32 Å². The fourth-order valence-corrected chi connectivity index (χ4v) is 3.83. The van der Waals surface area contributed by atoms with Crippen LogP contribution >= 0.6 is 0 Å². The molecule has 3 rings (SSSR count). The highest BCUT2D eigenvalue weighted by Crippen LogP contribution is 2.35. The number of phenolic OH excluding ortho intramolecular Hbond substituents is 1. The van der Waals surface area contributed by atoms with Gasteiger partial charge < -0.3 is 29.4 Å². The lowest BCUT2D eigenvalue weighted by atomic mass is 10.0. The smallest absolute Gasteiger partial charge is 0.255 e. The molecular weight excluding hydrogens is 494 g/mol. The van der Waals surface area contributed by atoms with Crippen LogP contribution in [0.25, 0.3) is 6.08 Å². The standard InChI is InChI=1S/C32H41NO6/c1-19(2)10-11-23-16-25(13-15-28(23)34)30(35)33-27-17-24-12-14-26(18-29(24)37-21(27)5)38-31(20(3)4)39-32(7,8)22(6)36-9/h10,12-18,20,22,31,34H,5,11H2,1-4,6-9H3,(H,33,35). The molecule has 0 saturated heterocycles. The highest BCUT2D eigenvalue weighted by molar-refractivity contribution is 5.97. The first-order valence-electron chi connectivity index (χ1n) is 13.2. The predicted octanol–water partition coefficient (Wildman–Crippen LogP) is 6.77. The summed E-state index contributed by atoms with van der Waals surface area (Å²) in [6, 6.07) is 10.3. The van der Waals surface area contributed by atoms with Gasteiger partial charge in [0.1, 0.15) is 23.0 Å². The van der Waals surface area contributed by atoms with Crippen LogP contribution in [0.5, 0.6) is 17.2 Å². The number of allylic oxidation sites excluding steroid dienone is 2. The number of nitrogens with one attached hydrogen (secondary N) is 1. The molecule has 7 nitrogen and oxygen atoms in total. The van der Waals surface area contributed by atoms with Crippen molar-refractivity contribution in [2.45, 2.75) is 72.9 Å². The van der Waals surface area contributed by atoms with E-state index in [2.05, 4.69) is 11.9 Å². The van der Waals surface area contributed by atoms with Crippen molar-refractivity contribution < 1.29 is 28.8 Å². The molecule has 0 spiro atoms. The van der Waals surface area contributed by atoms with Crippen LogP contribution in [0.1, 0.15) is 70.0 Å². The van der Waals surface area contributed by atoms with Crippen molar-refractivity contribution in [1.29, 1.82) is 0 Å². The Morgan fingerprint density at radius 3 is 2.51 bits per heavy atom. The number of carbonyl (C=O) groups excluding carboxylic acids is 1. The normalized spacial score (nSPS) is 14.6. The van der Waals surface area contributed by atoms with Gasteiger partial charge in [0.2, 0.25) is 6.29 Å². The molecule has 1 heterocycles. The summed E-state index contributed by atoms with van der Waals surface area (Å²) in [6.07, 6.45) is 3.73. The molecule has 0 aromatic heterocycles. The molecular formula is C32H41NO6. The number of rotatable bonds is 11. The van der Waals surface area contributed by atoms with Gasteiger partial charge in [-0.25, -0.2) is 0 Å². The highest BCUT2D eigenvalue weighted by atomic mass is 16.7. The first-order valence-corrected chi connectivity index (χ1v) is 13.2. The molecule has 0 fully saturated rings. The molecule has 1 aliphatic heterocycles. The Morgan fingerprint density at radius 2 is 1.87 bits per heavy atom. The molecule has 39 heavy (non-hydrogen) atoms. The maximum absolute atomic E-state index is 13.0. The fraction of sp³-hybridized carbons (Fsp3) is 0.406. The van der Waals surface area contributed by atoms with Gasteiger partial charge in [0.25, 0.3) is 5.91 Å². The van der Waals surface area contributed by atoms with Crippen molar-refractivity contribution in [2.24, 2.45) is 5.92 Å². The highest BCUT2D eigenvalue weighted by Gasteiger charge is 2.33. The van der Waals surface area contributed by atoms with E-state index >= 15 is 0 Å². The molecule has 0 aliphatic carbocycles. The topological polar surface area (TPSA) is 86.3 Å². The number of fused-ring (bicyclic) bond motifs is 1. The minimum atomic E-state index is -0.553. The van der Waals surface area contributed by atoms with E-state index in [1.54, 1.807) is 25.3 Å². The summed E-state index contributed by atoms with van der Waals surface area (Å²) in [5, 5.41) is 13.0. The summed E-state index contributed by atoms with van der Waals surface area (Å²) >= 11 is 0. The van der Waals surface area contributed by atoms with Crippen LogP contribution in [0.3, 0.4) is 0 Å². The number of hydrogen-bond acceptors (Lipinski definition) is 6. The third kappa shape index (κ3) is 7.74. The van der Waals surface area contributed by atoms with Crippen molar-refractivity contribution in [3.05, 3.63) is 82.8 Å². The van der Waals surface area contributed by atoms with E-state index in [1.807, 2.05) is 72.8 Å². The van der Waals surface area contributed by atoms with E-state index in [-0.39, 0.29) is 23.7 Å². The predicted molar refractivity (Wildman–Crippen MR) is 154 cm³/mol. The van der Waals surface area contributed by atoms with Gasteiger partial charge in [0.05, 0.1) is 17.4 Å². The van der Waals surface area contributed by atoms with Crippen LogP contribution in [0.15, 0.2) is 66.1 Å². The first-order chi connectivity index (χ1) is 18.3. The average Bonchev–Trinajstić information content (AvgIpc) is 2.87. The number of phenols is 1. The molecule has 210 valence electrons. The van der Waals surface area contributed by atoms with Crippen LogP contribution in [-0.2, 0) is 15.9 Å². The second-order valence-corrected chi connectivity index (χ2v) is 10.9. The molecule has 2 aromatic rings. The van der Waals surface area contributed by atoms with Gasteiger partial charge in [0, 0.05) is 30.2 Å². The van der Waals surface area contributed by atoms with Gasteiger partial charge in [-0.15, -0.1) is 0 Å². The largest absolute Gasteiger partial charge is 0.508 e. The molecule has 7 heteroatoms. The van der Waals surface area contributed by atoms with Gasteiger partial charge in [-0.2, -0.15) is 0 Å². The van der Waals surface area contributed by atoms with E-state index in [0.29, 0.717) is 40.5 Å². The Hall–Kier alpha value is -3.55. The van der Waals surface area contributed by atoms with Gasteiger partial charge >= 0.3 is 0 Å². The maximum atomic E-state index is 13.0.